The number of likely N-dealkylation sites (tertiary alicyclic amines) is 1. The van der Waals surface area contributed by atoms with Crippen molar-refractivity contribution in [2.24, 2.45) is 5.92 Å². The lowest BCUT2D eigenvalue weighted by atomic mass is 10.1. The Morgan fingerprint density at radius 3 is 2.85 bits per heavy atom. The number of nitrogens with zero attached hydrogens (tertiary/aromatic N) is 1. The van der Waals surface area contributed by atoms with Gasteiger partial charge in [-0.2, -0.15) is 0 Å². The Labute approximate surface area is 123 Å². The summed E-state index contributed by atoms with van der Waals surface area (Å²) in [6.45, 7) is 10.9. The molecule has 114 valence electrons. The highest BCUT2D eigenvalue weighted by molar-refractivity contribution is 5.07. The minimum atomic E-state index is 0.683. The first kappa shape index (κ1) is 15.6. The summed E-state index contributed by atoms with van der Waals surface area (Å²) in [6.07, 6.45) is 5.40. The summed E-state index contributed by atoms with van der Waals surface area (Å²) in [4.78, 5) is 2.57. The van der Waals surface area contributed by atoms with Crippen molar-refractivity contribution in [2.45, 2.75) is 65.6 Å². The molecule has 0 spiro atoms. The summed E-state index contributed by atoms with van der Waals surface area (Å²) in [6, 6.07) is 4.94. The quantitative estimate of drug-likeness (QED) is 0.858. The molecule has 1 fully saturated rings. The Hall–Kier alpha value is -0.800. The Kier molecular flexibility index (Phi) is 6.11. The molecule has 2 heterocycles. The van der Waals surface area contributed by atoms with E-state index in [-0.39, 0.29) is 0 Å². The van der Waals surface area contributed by atoms with Crippen molar-refractivity contribution in [3.05, 3.63) is 23.7 Å². The van der Waals surface area contributed by atoms with E-state index in [1.54, 1.807) is 0 Å². The summed E-state index contributed by atoms with van der Waals surface area (Å²) < 4.78 is 5.95. The fraction of sp³-hybridized carbons (Fsp3) is 0.765. The van der Waals surface area contributed by atoms with Gasteiger partial charge in [-0.1, -0.05) is 26.7 Å². The van der Waals surface area contributed by atoms with Gasteiger partial charge in [0.2, 0.25) is 0 Å². The highest BCUT2D eigenvalue weighted by Gasteiger charge is 2.18. The molecular formula is C17H30N2O. The smallest absolute Gasteiger partial charge is 0.118 e. The normalized spacial score (nSPS) is 21.3. The standard InChI is InChI=1S/C17H30N2O/c1-14(2)11-18-12-16-8-9-17(20-16)13-19-10-6-4-5-7-15(19)3/h8-9,14-15,18H,4-7,10-13H2,1-3H3. The summed E-state index contributed by atoms with van der Waals surface area (Å²) >= 11 is 0. The molecule has 1 aromatic rings. The van der Waals surface area contributed by atoms with Crippen LogP contribution in [-0.4, -0.2) is 24.0 Å². The van der Waals surface area contributed by atoms with Gasteiger partial charge >= 0.3 is 0 Å². The Morgan fingerprint density at radius 1 is 1.25 bits per heavy atom. The van der Waals surface area contributed by atoms with Crippen molar-refractivity contribution in [3.63, 3.8) is 0 Å². The molecule has 0 aromatic carbocycles. The minimum absolute atomic E-state index is 0.683. The van der Waals surface area contributed by atoms with Gasteiger partial charge in [-0.25, -0.2) is 0 Å². The van der Waals surface area contributed by atoms with Crippen molar-refractivity contribution >= 4 is 0 Å². The largest absolute Gasteiger partial charge is 0.463 e. The maximum Gasteiger partial charge on any atom is 0.118 e. The van der Waals surface area contributed by atoms with E-state index in [4.69, 9.17) is 4.42 Å². The molecule has 1 unspecified atom stereocenters. The third-order valence-electron chi connectivity index (χ3n) is 4.12. The van der Waals surface area contributed by atoms with E-state index in [0.29, 0.717) is 12.0 Å². The van der Waals surface area contributed by atoms with Crippen LogP contribution in [0.5, 0.6) is 0 Å². The van der Waals surface area contributed by atoms with E-state index in [9.17, 15) is 0 Å². The number of hydrogen-bond acceptors (Lipinski definition) is 3. The molecule has 3 heteroatoms. The van der Waals surface area contributed by atoms with Crippen LogP contribution in [0.4, 0.5) is 0 Å². The van der Waals surface area contributed by atoms with Crippen LogP contribution in [0.3, 0.4) is 0 Å². The molecule has 3 nitrogen and oxygen atoms in total. The van der Waals surface area contributed by atoms with Crippen molar-refractivity contribution in [1.29, 1.82) is 0 Å². The summed E-state index contributed by atoms with van der Waals surface area (Å²) in [5, 5.41) is 3.43. The number of nitrogens with one attached hydrogen (secondary N) is 1. The van der Waals surface area contributed by atoms with Gasteiger partial charge in [-0.05, 0) is 50.9 Å². The van der Waals surface area contributed by atoms with Gasteiger partial charge in [-0.15, -0.1) is 0 Å². The summed E-state index contributed by atoms with van der Waals surface area (Å²) in [5.41, 5.74) is 0. The lowest BCUT2D eigenvalue weighted by Gasteiger charge is -2.25. The second kappa shape index (κ2) is 7.84. The zero-order valence-corrected chi connectivity index (χ0v) is 13.3. The van der Waals surface area contributed by atoms with Gasteiger partial charge in [0.15, 0.2) is 0 Å². The molecule has 0 radical (unpaired) electrons. The van der Waals surface area contributed by atoms with Crippen LogP contribution >= 0.6 is 0 Å². The fourth-order valence-corrected chi connectivity index (χ4v) is 2.86. The maximum atomic E-state index is 5.95. The van der Waals surface area contributed by atoms with E-state index < -0.39 is 0 Å². The maximum absolute atomic E-state index is 5.95. The molecule has 1 aliphatic heterocycles. The Balaban J connectivity index is 1.82. The number of hydrogen-bond donors (Lipinski definition) is 1. The topological polar surface area (TPSA) is 28.4 Å². The molecule has 1 atom stereocenters. The van der Waals surface area contributed by atoms with Gasteiger partial charge in [0, 0.05) is 6.04 Å². The molecule has 1 saturated heterocycles. The molecule has 0 bridgehead atoms. The molecule has 1 N–H and O–H groups in total. The molecule has 1 aromatic heterocycles. The molecule has 0 amide bonds. The average Bonchev–Trinajstić information content (AvgIpc) is 2.74. The third-order valence-corrected chi connectivity index (χ3v) is 4.12. The molecule has 20 heavy (non-hydrogen) atoms. The lowest BCUT2D eigenvalue weighted by molar-refractivity contribution is 0.188. The number of rotatable bonds is 6. The van der Waals surface area contributed by atoms with Crippen LogP contribution in [0.2, 0.25) is 0 Å². The van der Waals surface area contributed by atoms with Crippen molar-refractivity contribution in [3.8, 4) is 0 Å². The predicted molar refractivity (Wildman–Crippen MR) is 83.6 cm³/mol. The van der Waals surface area contributed by atoms with Gasteiger partial charge in [-0.3, -0.25) is 4.90 Å². The average molecular weight is 278 g/mol. The van der Waals surface area contributed by atoms with Gasteiger partial charge < -0.3 is 9.73 Å². The van der Waals surface area contributed by atoms with Crippen LogP contribution in [0.1, 0.15) is 58.0 Å². The fourth-order valence-electron chi connectivity index (χ4n) is 2.86. The molecule has 2 rings (SSSR count). The summed E-state index contributed by atoms with van der Waals surface area (Å²) in [5.74, 6) is 2.85. The molecule has 0 saturated carbocycles. The number of furan rings is 1. The first-order valence-electron chi connectivity index (χ1n) is 8.17. The zero-order chi connectivity index (χ0) is 14.4. The monoisotopic (exact) mass is 278 g/mol. The molecule has 0 aliphatic carbocycles. The Bertz CT molecular complexity index is 386. The minimum Gasteiger partial charge on any atom is -0.463 e. The van der Waals surface area contributed by atoms with E-state index in [0.717, 1.165) is 31.2 Å². The first-order valence-corrected chi connectivity index (χ1v) is 8.17. The molecular weight excluding hydrogens is 248 g/mol. The van der Waals surface area contributed by atoms with E-state index in [1.807, 2.05) is 0 Å². The first-order chi connectivity index (χ1) is 9.65. The highest BCUT2D eigenvalue weighted by atomic mass is 16.3. The van der Waals surface area contributed by atoms with E-state index in [2.05, 4.69) is 43.1 Å². The second-order valence-electron chi connectivity index (χ2n) is 6.56. The van der Waals surface area contributed by atoms with Gasteiger partial charge in [0.25, 0.3) is 0 Å². The van der Waals surface area contributed by atoms with Crippen LogP contribution in [0.25, 0.3) is 0 Å². The van der Waals surface area contributed by atoms with Gasteiger partial charge in [0.05, 0.1) is 13.1 Å². The van der Waals surface area contributed by atoms with Crippen LogP contribution < -0.4 is 5.32 Å². The van der Waals surface area contributed by atoms with Crippen LogP contribution in [0.15, 0.2) is 16.5 Å². The predicted octanol–water partition coefficient (Wildman–Crippen LogP) is 3.79. The summed E-state index contributed by atoms with van der Waals surface area (Å²) in [7, 11) is 0. The lowest BCUT2D eigenvalue weighted by Crippen LogP contribution is -2.31. The van der Waals surface area contributed by atoms with Gasteiger partial charge in [0.1, 0.15) is 11.5 Å². The SMILES string of the molecule is CC(C)CNCc1ccc(CN2CCCCCC2C)o1. The second-order valence-corrected chi connectivity index (χ2v) is 6.56. The molecule has 1 aliphatic rings. The van der Waals surface area contributed by atoms with Crippen LogP contribution in [0, 0.1) is 5.92 Å². The van der Waals surface area contributed by atoms with Crippen molar-refractivity contribution < 1.29 is 4.42 Å². The van der Waals surface area contributed by atoms with Crippen LogP contribution in [-0.2, 0) is 13.1 Å². The van der Waals surface area contributed by atoms with E-state index >= 15 is 0 Å². The van der Waals surface area contributed by atoms with Crippen molar-refractivity contribution in [2.75, 3.05) is 13.1 Å². The Morgan fingerprint density at radius 2 is 2.05 bits per heavy atom. The highest BCUT2D eigenvalue weighted by Crippen LogP contribution is 2.19. The third kappa shape index (κ3) is 4.95. The van der Waals surface area contributed by atoms with Crippen molar-refractivity contribution in [1.82, 2.24) is 10.2 Å². The van der Waals surface area contributed by atoms with E-state index in [1.165, 1.54) is 32.2 Å². The zero-order valence-electron chi connectivity index (χ0n) is 13.3.